The minimum atomic E-state index is -0.0802. The third kappa shape index (κ3) is 1.79. The fourth-order valence-corrected chi connectivity index (χ4v) is 5.32. The highest BCUT2D eigenvalue weighted by Crippen LogP contribution is 2.56. The maximum atomic E-state index is 10.4. The number of fused-ring (bicyclic) bond motifs is 4. The summed E-state index contributed by atoms with van der Waals surface area (Å²) in [7, 11) is 0. The molecule has 5 unspecified atom stereocenters. The van der Waals surface area contributed by atoms with Gasteiger partial charge in [-0.3, -0.25) is 0 Å². The first-order valence-corrected chi connectivity index (χ1v) is 8.45. The largest absolute Gasteiger partial charge is 0.393 e. The van der Waals surface area contributed by atoms with Gasteiger partial charge in [0.2, 0.25) is 0 Å². The summed E-state index contributed by atoms with van der Waals surface area (Å²) in [4.78, 5) is 0. The molecule has 5 atom stereocenters. The van der Waals surface area contributed by atoms with Crippen LogP contribution in [0.1, 0.15) is 51.9 Å². The van der Waals surface area contributed by atoms with Gasteiger partial charge in [-0.25, -0.2) is 0 Å². The molecular formula is C19H26O. The Morgan fingerprint density at radius 3 is 2.90 bits per heavy atom. The first-order chi connectivity index (χ1) is 9.68. The summed E-state index contributed by atoms with van der Waals surface area (Å²) in [6.45, 7) is 2.33. The van der Waals surface area contributed by atoms with Crippen molar-refractivity contribution in [2.24, 2.45) is 23.2 Å². The maximum absolute atomic E-state index is 10.4. The smallest absolute Gasteiger partial charge is 0.0599 e. The molecule has 0 aromatic carbocycles. The van der Waals surface area contributed by atoms with E-state index in [1.165, 1.54) is 32.1 Å². The van der Waals surface area contributed by atoms with E-state index in [1.807, 2.05) is 0 Å². The lowest BCUT2D eigenvalue weighted by atomic mass is 9.63. The van der Waals surface area contributed by atoms with Gasteiger partial charge in [-0.2, -0.15) is 0 Å². The molecule has 0 radical (unpaired) electrons. The van der Waals surface area contributed by atoms with Crippen LogP contribution in [0.2, 0.25) is 0 Å². The molecule has 0 heterocycles. The van der Waals surface area contributed by atoms with Crippen LogP contribution in [0, 0.1) is 23.2 Å². The summed E-state index contributed by atoms with van der Waals surface area (Å²) in [5.74, 6) is 2.21. The highest BCUT2D eigenvalue weighted by Gasteiger charge is 2.51. The summed E-state index contributed by atoms with van der Waals surface area (Å²) < 4.78 is 0. The fraction of sp³-hybridized carbons (Fsp3) is 0.684. The molecule has 0 aromatic heterocycles. The zero-order chi connectivity index (χ0) is 13.7. The SMILES string of the molecule is CC12CC=C3C=C4C=CCCC4CCC3C1CCC2O. The molecule has 1 heteroatoms. The summed E-state index contributed by atoms with van der Waals surface area (Å²) >= 11 is 0. The first-order valence-electron chi connectivity index (χ1n) is 8.45. The van der Waals surface area contributed by atoms with Gasteiger partial charge >= 0.3 is 0 Å². The minimum Gasteiger partial charge on any atom is -0.393 e. The second-order valence-electron chi connectivity index (χ2n) is 7.62. The van der Waals surface area contributed by atoms with E-state index in [9.17, 15) is 5.11 Å². The van der Waals surface area contributed by atoms with Crippen molar-refractivity contribution >= 4 is 0 Å². The van der Waals surface area contributed by atoms with Gasteiger partial charge in [0, 0.05) is 5.41 Å². The van der Waals surface area contributed by atoms with Crippen LogP contribution < -0.4 is 0 Å². The number of hydrogen-bond acceptors (Lipinski definition) is 1. The molecule has 1 N–H and O–H groups in total. The van der Waals surface area contributed by atoms with E-state index in [2.05, 4.69) is 31.2 Å². The normalized spacial score (nSPS) is 46.7. The second-order valence-corrected chi connectivity index (χ2v) is 7.62. The van der Waals surface area contributed by atoms with Gasteiger partial charge in [0.25, 0.3) is 0 Å². The lowest BCUT2D eigenvalue weighted by Crippen LogP contribution is -2.38. The first kappa shape index (κ1) is 12.9. The van der Waals surface area contributed by atoms with Crippen LogP contribution in [0.5, 0.6) is 0 Å². The predicted octanol–water partition coefficient (Wildman–Crippen LogP) is 4.40. The molecule has 0 spiro atoms. The van der Waals surface area contributed by atoms with E-state index >= 15 is 0 Å². The lowest BCUT2D eigenvalue weighted by Gasteiger charge is -2.42. The summed E-state index contributed by atoms with van der Waals surface area (Å²) in [5, 5.41) is 10.4. The molecule has 108 valence electrons. The van der Waals surface area contributed by atoms with Gasteiger partial charge in [0.1, 0.15) is 0 Å². The fourth-order valence-electron chi connectivity index (χ4n) is 5.32. The quantitative estimate of drug-likeness (QED) is 0.692. The Kier molecular flexibility index (Phi) is 2.96. The van der Waals surface area contributed by atoms with Crippen LogP contribution in [0.25, 0.3) is 0 Å². The number of allylic oxidation sites excluding steroid dienone is 6. The van der Waals surface area contributed by atoms with Crippen molar-refractivity contribution in [3.8, 4) is 0 Å². The zero-order valence-corrected chi connectivity index (χ0v) is 12.5. The number of aliphatic hydroxyl groups excluding tert-OH is 1. The van der Waals surface area contributed by atoms with Crippen LogP contribution in [-0.2, 0) is 0 Å². The number of aliphatic hydroxyl groups is 1. The summed E-state index contributed by atoms with van der Waals surface area (Å²) in [5.41, 5.74) is 3.32. The summed E-state index contributed by atoms with van der Waals surface area (Å²) in [6, 6.07) is 0. The molecule has 4 aliphatic rings. The van der Waals surface area contributed by atoms with E-state index in [-0.39, 0.29) is 11.5 Å². The average molecular weight is 270 g/mol. The Bertz CT molecular complexity index is 498. The highest BCUT2D eigenvalue weighted by molar-refractivity contribution is 5.38. The van der Waals surface area contributed by atoms with Crippen LogP contribution in [0.15, 0.2) is 35.5 Å². The van der Waals surface area contributed by atoms with E-state index in [4.69, 9.17) is 0 Å². The molecule has 1 nitrogen and oxygen atoms in total. The van der Waals surface area contributed by atoms with Gasteiger partial charge in [-0.15, -0.1) is 0 Å². The maximum Gasteiger partial charge on any atom is 0.0599 e. The van der Waals surface area contributed by atoms with Gasteiger partial charge < -0.3 is 5.11 Å². The minimum absolute atomic E-state index is 0.0802. The van der Waals surface area contributed by atoms with Gasteiger partial charge in [-0.05, 0) is 73.8 Å². The molecule has 1 fully saturated rings. The van der Waals surface area contributed by atoms with Crippen molar-refractivity contribution < 1.29 is 5.11 Å². The van der Waals surface area contributed by atoms with Crippen LogP contribution in [0.4, 0.5) is 0 Å². The van der Waals surface area contributed by atoms with Crippen LogP contribution in [-0.4, -0.2) is 11.2 Å². The highest BCUT2D eigenvalue weighted by atomic mass is 16.3. The Balaban J connectivity index is 1.71. The Labute approximate surface area is 122 Å². The Morgan fingerprint density at radius 1 is 1.10 bits per heavy atom. The third-order valence-corrected chi connectivity index (χ3v) is 6.67. The van der Waals surface area contributed by atoms with Crippen molar-refractivity contribution in [2.75, 3.05) is 0 Å². The molecule has 1 saturated carbocycles. The molecule has 0 amide bonds. The van der Waals surface area contributed by atoms with Crippen molar-refractivity contribution in [2.45, 2.75) is 58.0 Å². The van der Waals surface area contributed by atoms with Crippen LogP contribution >= 0.6 is 0 Å². The second kappa shape index (κ2) is 4.59. The monoisotopic (exact) mass is 270 g/mol. The van der Waals surface area contributed by atoms with Gasteiger partial charge in [0.15, 0.2) is 0 Å². The molecule has 0 saturated heterocycles. The molecule has 0 aromatic rings. The van der Waals surface area contributed by atoms with Crippen molar-refractivity contribution in [1.82, 2.24) is 0 Å². The molecule has 0 aliphatic heterocycles. The van der Waals surface area contributed by atoms with Crippen molar-refractivity contribution in [1.29, 1.82) is 0 Å². The molecule has 0 bridgehead atoms. The van der Waals surface area contributed by atoms with Gasteiger partial charge in [0.05, 0.1) is 6.10 Å². The zero-order valence-electron chi connectivity index (χ0n) is 12.5. The van der Waals surface area contributed by atoms with E-state index in [0.717, 1.165) is 18.8 Å². The van der Waals surface area contributed by atoms with E-state index < -0.39 is 0 Å². The number of hydrogen-bond donors (Lipinski definition) is 1. The predicted molar refractivity (Wildman–Crippen MR) is 82.2 cm³/mol. The lowest BCUT2D eigenvalue weighted by molar-refractivity contribution is 0.0211. The molecule has 4 rings (SSSR count). The van der Waals surface area contributed by atoms with Crippen molar-refractivity contribution in [3.05, 3.63) is 35.5 Å². The number of rotatable bonds is 0. The molecular weight excluding hydrogens is 244 g/mol. The topological polar surface area (TPSA) is 20.2 Å². The van der Waals surface area contributed by atoms with E-state index in [1.54, 1.807) is 11.1 Å². The van der Waals surface area contributed by atoms with Gasteiger partial charge in [-0.1, -0.05) is 31.2 Å². The standard InChI is InChI=1S/C19H26O/c1-19-11-10-15-12-14-5-3-2-4-13(14)6-7-16(15)17(19)8-9-18(19)20/h3,5,10,12-13,16-18,20H,2,4,6-9,11H2,1H3. The Hall–Kier alpha value is -0.820. The van der Waals surface area contributed by atoms with E-state index in [0.29, 0.717) is 11.8 Å². The Morgan fingerprint density at radius 2 is 2.00 bits per heavy atom. The molecule has 20 heavy (non-hydrogen) atoms. The third-order valence-electron chi connectivity index (χ3n) is 6.67. The van der Waals surface area contributed by atoms with Crippen molar-refractivity contribution in [3.63, 3.8) is 0 Å². The summed E-state index contributed by atoms with van der Waals surface area (Å²) in [6.07, 6.45) is 18.2. The van der Waals surface area contributed by atoms with Crippen LogP contribution in [0.3, 0.4) is 0 Å². The average Bonchev–Trinajstić information content (AvgIpc) is 2.66. The molecule has 4 aliphatic carbocycles.